The van der Waals surface area contributed by atoms with Gasteiger partial charge >= 0.3 is 0 Å². The van der Waals surface area contributed by atoms with Crippen LogP contribution in [0.2, 0.25) is 5.02 Å². The van der Waals surface area contributed by atoms with Crippen LogP contribution in [0.1, 0.15) is 11.9 Å². The second kappa shape index (κ2) is 5.79. The Hall–Kier alpha value is -2.36. The van der Waals surface area contributed by atoms with Crippen molar-refractivity contribution in [3.8, 4) is 6.07 Å². The number of thiol groups is 1. The lowest BCUT2D eigenvalue weighted by Gasteiger charge is -2.36. The molecular weight excluding hydrogens is 322 g/mol. The van der Waals surface area contributed by atoms with Crippen LogP contribution in [-0.2, 0) is 4.79 Å². The number of amides is 1. The fourth-order valence-corrected chi connectivity index (χ4v) is 2.73. The van der Waals surface area contributed by atoms with Crippen molar-refractivity contribution in [3.63, 3.8) is 0 Å². The third-order valence-corrected chi connectivity index (χ3v) is 3.93. The molecule has 0 unspecified atom stereocenters. The monoisotopic (exact) mass is 331 g/mol. The molecule has 0 saturated heterocycles. The summed E-state index contributed by atoms with van der Waals surface area (Å²) >= 11 is 10.3. The maximum atomic E-state index is 12.0. The van der Waals surface area contributed by atoms with Gasteiger partial charge in [-0.25, -0.2) is 0 Å². The van der Waals surface area contributed by atoms with Gasteiger partial charge in [0.1, 0.15) is 17.4 Å². The molecule has 110 valence electrons. The highest BCUT2D eigenvalue weighted by Gasteiger charge is 2.35. The van der Waals surface area contributed by atoms with Gasteiger partial charge in [-0.1, -0.05) is 11.6 Å². The van der Waals surface area contributed by atoms with Gasteiger partial charge in [-0.05, 0) is 36.4 Å². The molecule has 1 N–H and O–H groups in total. The molecule has 1 aliphatic heterocycles. The van der Waals surface area contributed by atoms with Crippen LogP contribution in [0.25, 0.3) is 0 Å². The van der Waals surface area contributed by atoms with Crippen LogP contribution in [0.3, 0.4) is 0 Å². The number of benzene rings is 1. The van der Waals surface area contributed by atoms with Gasteiger partial charge < -0.3 is 14.6 Å². The molecule has 2 heterocycles. The Morgan fingerprint density at radius 2 is 2.05 bits per heavy atom. The van der Waals surface area contributed by atoms with Gasteiger partial charge in [-0.15, -0.1) is 12.6 Å². The van der Waals surface area contributed by atoms with Crippen LogP contribution in [0.15, 0.2) is 57.7 Å². The van der Waals surface area contributed by atoms with Crippen molar-refractivity contribution < 1.29 is 9.21 Å². The average Bonchev–Trinajstić information content (AvgIpc) is 3.03. The Balaban J connectivity index is 2.14. The highest BCUT2D eigenvalue weighted by Crippen LogP contribution is 2.36. The van der Waals surface area contributed by atoms with Crippen LogP contribution >= 0.6 is 24.2 Å². The number of halogens is 1. The SMILES string of the molecule is N#CC1=C(S)N(c2ccc(Cl)cc2)[C@H](c2ccco2)NC1=O. The molecular formula is C15H10ClN3O2S. The van der Waals surface area contributed by atoms with Crippen LogP contribution < -0.4 is 10.2 Å². The quantitative estimate of drug-likeness (QED) is 0.829. The van der Waals surface area contributed by atoms with Gasteiger partial charge in [0, 0.05) is 10.7 Å². The van der Waals surface area contributed by atoms with Crippen molar-refractivity contribution in [2.24, 2.45) is 0 Å². The lowest BCUT2D eigenvalue weighted by molar-refractivity contribution is -0.118. The summed E-state index contributed by atoms with van der Waals surface area (Å²) < 4.78 is 5.39. The summed E-state index contributed by atoms with van der Waals surface area (Å²) in [5.74, 6) is 0.0472. The van der Waals surface area contributed by atoms with E-state index in [0.29, 0.717) is 10.8 Å². The number of rotatable bonds is 2. The topological polar surface area (TPSA) is 69.3 Å². The largest absolute Gasteiger partial charge is 0.465 e. The summed E-state index contributed by atoms with van der Waals surface area (Å²) in [7, 11) is 0. The van der Waals surface area contributed by atoms with Gasteiger partial charge in [0.2, 0.25) is 0 Å². The standard InChI is InChI=1S/C15H10ClN3O2S/c16-9-3-5-10(6-4-9)19-13(12-2-1-7-21-12)18-14(20)11(8-17)15(19)22/h1-7,13,22H,(H,18,20)/t13-/m1/s1. The Morgan fingerprint density at radius 1 is 1.32 bits per heavy atom. The van der Waals surface area contributed by atoms with E-state index >= 15 is 0 Å². The summed E-state index contributed by atoms with van der Waals surface area (Å²) in [5.41, 5.74) is 0.671. The van der Waals surface area contributed by atoms with E-state index in [1.807, 2.05) is 6.07 Å². The molecule has 1 aromatic heterocycles. The van der Waals surface area contributed by atoms with Gasteiger partial charge in [-0.3, -0.25) is 4.79 Å². The number of nitrogens with one attached hydrogen (secondary N) is 1. The van der Waals surface area contributed by atoms with Crippen molar-refractivity contribution in [3.05, 3.63) is 64.0 Å². The summed E-state index contributed by atoms with van der Waals surface area (Å²) in [5, 5.41) is 12.8. The molecule has 1 atom stereocenters. The zero-order chi connectivity index (χ0) is 15.7. The number of carbonyl (C=O) groups is 1. The molecule has 1 aromatic carbocycles. The van der Waals surface area contributed by atoms with Gasteiger partial charge in [0.05, 0.1) is 11.3 Å². The summed E-state index contributed by atoms with van der Waals surface area (Å²) in [4.78, 5) is 13.7. The average molecular weight is 332 g/mol. The highest BCUT2D eigenvalue weighted by molar-refractivity contribution is 7.84. The van der Waals surface area contributed by atoms with Crippen molar-refractivity contribution in [1.29, 1.82) is 5.26 Å². The second-order valence-corrected chi connectivity index (χ2v) is 5.41. The van der Waals surface area contributed by atoms with Crippen LogP contribution in [0.4, 0.5) is 5.69 Å². The van der Waals surface area contributed by atoms with E-state index in [9.17, 15) is 4.79 Å². The molecule has 7 heteroatoms. The number of hydrogen-bond acceptors (Lipinski definition) is 5. The minimum atomic E-state index is -0.590. The molecule has 0 bridgehead atoms. The molecule has 0 fully saturated rings. The maximum Gasteiger partial charge on any atom is 0.266 e. The van der Waals surface area contributed by atoms with Crippen LogP contribution in [-0.4, -0.2) is 5.91 Å². The number of anilines is 1. The molecule has 0 spiro atoms. The van der Waals surface area contributed by atoms with Crippen LogP contribution in [0.5, 0.6) is 0 Å². The molecule has 1 amide bonds. The Kier molecular flexibility index (Phi) is 3.84. The number of carbonyl (C=O) groups excluding carboxylic acids is 1. The molecule has 1 aliphatic rings. The Labute approximate surface area is 137 Å². The van der Waals surface area contributed by atoms with E-state index in [1.54, 1.807) is 41.3 Å². The first-order chi connectivity index (χ1) is 10.6. The lowest BCUT2D eigenvalue weighted by atomic mass is 10.1. The predicted octanol–water partition coefficient (Wildman–Crippen LogP) is 3.23. The van der Waals surface area contributed by atoms with Crippen molar-refractivity contribution in [2.75, 3.05) is 4.90 Å². The predicted molar refractivity (Wildman–Crippen MR) is 85.1 cm³/mol. The number of nitriles is 1. The van der Waals surface area contributed by atoms with Gasteiger partial charge in [0.25, 0.3) is 5.91 Å². The number of furan rings is 1. The third kappa shape index (κ3) is 2.45. The Morgan fingerprint density at radius 3 is 2.64 bits per heavy atom. The highest BCUT2D eigenvalue weighted by atomic mass is 35.5. The normalized spacial score (nSPS) is 18.1. The molecule has 2 aromatic rings. The molecule has 5 nitrogen and oxygen atoms in total. The molecule has 0 saturated carbocycles. The fraction of sp³-hybridized carbons (Fsp3) is 0.0667. The first-order valence-electron chi connectivity index (χ1n) is 6.34. The zero-order valence-electron chi connectivity index (χ0n) is 11.2. The van der Waals surface area contributed by atoms with Crippen molar-refractivity contribution in [1.82, 2.24) is 5.32 Å². The summed E-state index contributed by atoms with van der Waals surface area (Å²) in [6.07, 6.45) is 0.928. The maximum absolute atomic E-state index is 12.0. The molecule has 22 heavy (non-hydrogen) atoms. The lowest BCUT2D eigenvalue weighted by Crippen LogP contribution is -2.45. The first kappa shape index (κ1) is 14.6. The Bertz CT molecular complexity index is 778. The van der Waals surface area contributed by atoms with E-state index in [0.717, 1.165) is 5.69 Å². The first-order valence-corrected chi connectivity index (χ1v) is 7.16. The second-order valence-electron chi connectivity index (χ2n) is 4.55. The number of nitrogens with zero attached hydrogens (tertiary/aromatic N) is 2. The van der Waals surface area contributed by atoms with Crippen LogP contribution in [0, 0.1) is 11.3 Å². The van der Waals surface area contributed by atoms with Gasteiger partial charge in [0.15, 0.2) is 6.17 Å². The molecule has 0 radical (unpaired) electrons. The van der Waals surface area contributed by atoms with E-state index in [1.165, 1.54) is 6.26 Å². The fourth-order valence-electron chi connectivity index (χ4n) is 2.22. The van der Waals surface area contributed by atoms with E-state index < -0.39 is 12.1 Å². The van der Waals surface area contributed by atoms with E-state index in [2.05, 4.69) is 17.9 Å². The minimum absolute atomic E-state index is 0.0545. The summed E-state index contributed by atoms with van der Waals surface area (Å²) in [6, 6.07) is 12.3. The third-order valence-electron chi connectivity index (χ3n) is 3.23. The zero-order valence-corrected chi connectivity index (χ0v) is 12.8. The van der Waals surface area contributed by atoms with Crippen molar-refractivity contribution >= 4 is 35.8 Å². The van der Waals surface area contributed by atoms with Gasteiger partial charge in [-0.2, -0.15) is 5.26 Å². The van der Waals surface area contributed by atoms with E-state index in [-0.39, 0.29) is 10.6 Å². The molecule has 0 aliphatic carbocycles. The van der Waals surface area contributed by atoms with E-state index in [4.69, 9.17) is 21.3 Å². The number of hydrogen-bond donors (Lipinski definition) is 2. The smallest absolute Gasteiger partial charge is 0.266 e. The molecule has 3 rings (SSSR count). The minimum Gasteiger partial charge on any atom is -0.465 e. The van der Waals surface area contributed by atoms with Crippen molar-refractivity contribution in [2.45, 2.75) is 6.17 Å². The summed E-state index contributed by atoms with van der Waals surface area (Å²) in [6.45, 7) is 0.